The molecule has 0 saturated heterocycles. The van der Waals surface area contributed by atoms with Crippen LogP contribution in [0.15, 0.2) is 24.3 Å². The minimum absolute atomic E-state index is 0.156. The van der Waals surface area contributed by atoms with Gasteiger partial charge in [0.15, 0.2) is 0 Å². The molecule has 2 N–H and O–H groups in total. The van der Waals surface area contributed by atoms with Crippen molar-refractivity contribution in [2.24, 2.45) is 11.7 Å². The van der Waals surface area contributed by atoms with Gasteiger partial charge in [-0.1, -0.05) is 36.8 Å². The monoisotopic (exact) mass is 189 g/mol. The Kier molecular flexibility index (Phi) is 2.36. The summed E-state index contributed by atoms with van der Waals surface area (Å²) >= 11 is 0. The van der Waals surface area contributed by atoms with Crippen LogP contribution in [0.25, 0.3) is 0 Å². The summed E-state index contributed by atoms with van der Waals surface area (Å²) in [5.41, 5.74) is 9.10. The van der Waals surface area contributed by atoms with E-state index in [0.29, 0.717) is 0 Å². The summed E-state index contributed by atoms with van der Waals surface area (Å²) in [7, 11) is 0. The third kappa shape index (κ3) is 1.98. The van der Waals surface area contributed by atoms with E-state index in [2.05, 4.69) is 38.1 Å². The van der Waals surface area contributed by atoms with E-state index in [1.54, 1.807) is 0 Å². The molecule has 1 fully saturated rings. The summed E-state index contributed by atoms with van der Waals surface area (Å²) in [6.07, 6.45) is 3.47. The Morgan fingerprint density at radius 3 is 2.79 bits per heavy atom. The summed E-state index contributed by atoms with van der Waals surface area (Å²) in [4.78, 5) is 0. The lowest BCUT2D eigenvalue weighted by Gasteiger charge is -2.09. The Balaban J connectivity index is 1.92. The molecule has 2 rings (SSSR count). The molecule has 1 aromatic carbocycles. The first-order valence-electron chi connectivity index (χ1n) is 5.44. The number of aryl methyl sites for hydroxylation is 2. The first kappa shape index (κ1) is 9.72. The second-order valence-corrected chi connectivity index (χ2v) is 4.83. The Bertz CT molecular complexity index is 332. The molecule has 0 aromatic heterocycles. The van der Waals surface area contributed by atoms with Crippen molar-refractivity contribution in [1.29, 1.82) is 0 Å². The predicted octanol–water partition coefficient (Wildman–Crippen LogP) is 2.66. The van der Waals surface area contributed by atoms with Gasteiger partial charge in [-0.15, -0.1) is 0 Å². The molecule has 0 bridgehead atoms. The zero-order valence-corrected chi connectivity index (χ0v) is 9.09. The van der Waals surface area contributed by atoms with Crippen molar-refractivity contribution < 1.29 is 0 Å². The van der Waals surface area contributed by atoms with Crippen LogP contribution in [0.2, 0.25) is 0 Å². The number of hydrogen-bond donors (Lipinski definition) is 1. The average Bonchev–Trinajstić information content (AvgIpc) is 2.72. The summed E-state index contributed by atoms with van der Waals surface area (Å²) < 4.78 is 0. The van der Waals surface area contributed by atoms with E-state index in [1.807, 2.05) is 0 Å². The molecule has 14 heavy (non-hydrogen) atoms. The highest BCUT2D eigenvalue weighted by Crippen LogP contribution is 2.43. The number of hydrogen-bond acceptors (Lipinski definition) is 1. The van der Waals surface area contributed by atoms with Gasteiger partial charge in [0.2, 0.25) is 0 Å². The quantitative estimate of drug-likeness (QED) is 0.777. The smallest absolute Gasteiger partial charge is 0.0187 e. The summed E-state index contributed by atoms with van der Waals surface area (Å²) in [5, 5.41) is 0. The molecule has 0 heterocycles. The second kappa shape index (κ2) is 3.39. The first-order valence-corrected chi connectivity index (χ1v) is 5.44. The fourth-order valence-electron chi connectivity index (χ4n) is 2.10. The summed E-state index contributed by atoms with van der Waals surface area (Å²) in [5.74, 6) is 0.729. The number of nitrogens with two attached hydrogens (primary N) is 1. The molecular formula is C13H19N. The van der Waals surface area contributed by atoms with E-state index in [0.717, 1.165) is 18.8 Å². The maximum absolute atomic E-state index is 6.18. The SMILES string of the molecule is Cc1cccc(CCC2(N)CC2C)c1. The Morgan fingerprint density at radius 2 is 2.21 bits per heavy atom. The Labute approximate surface area is 86.3 Å². The number of rotatable bonds is 3. The first-order chi connectivity index (χ1) is 6.60. The average molecular weight is 189 g/mol. The Morgan fingerprint density at radius 1 is 1.50 bits per heavy atom. The highest BCUT2D eigenvalue weighted by Gasteiger charge is 2.46. The number of benzene rings is 1. The van der Waals surface area contributed by atoms with Gasteiger partial charge in [-0.25, -0.2) is 0 Å². The van der Waals surface area contributed by atoms with E-state index in [-0.39, 0.29) is 5.54 Å². The lowest BCUT2D eigenvalue weighted by Crippen LogP contribution is -2.24. The van der Waals surface area contributed by atoms with Gasteiger partial charge in [0, 0.05) is 5.54 Å². The molecular weight excluding hydrogens is 170 g/mol. The standard InChI is InChI=1S/C13H19N/c1-10-4-3-5-12(8-10)6-7-13(14)9-11(13)2/h3-5,8,11H,6-7,9,14H2,1-2H3. The molecule has 0 aliphatic heterocycles. The van der Waals surface area contributed by atoms with Crippen LogP contribution in [0.5, 0.6) is 0 Å². The molecule has 2 atom stereocenters. The lowest BCUT2D eigenvalue weighted by atomic mass is 10.0. The van der Waals surface area contributed by atoms with Crippen molar-refractivity contribution in [1.82, 2.24) is 0 Å². The highest BCUT2D eigenvalue weighted by atomic mass is 14.8. The van der Waals surface area contributed by atoms with Gasteiger partial charge in [-0.05, 0) is 37.7 Å². The van der Waals surface area contributed by atoms with Crippen molar-refractivity contribution in [2.75, 3.05) is 0 Å². The highest BCUT2D eigenvalue weighted by molar-refractivity contribution is 5.23. The van der Waals surface area contributed by atoms with Crippen LogP contribution in [0.1, 0.15) is 30.9 Å². The molecule has 1 heteroatoms. The van der Waals surface area contributed by atoms with Gasteiger partial charge < -0.3 is 5.73 Å². The van der Waals surface area contributed by atoms with Crippen molar-refractivity contribution in [2.45, 2.75) is 38.6 Å². The Hall–Kier alpha value is -0.820. The third-order valence-electron chi connectivity index (χ3n) is 3.47. The van der Waals surface area contributed by atoms with Gasteiger partial charge in [-0.2, -0.15) is 0 Å². The minimum Gasteiger partial charge on any atom is -0.325 e. The maximum atomic E-state index is 6.18. The van der Waals surface area contributed by atoms with Gasteiger partial charge in [-0.3, -0.25) is 0 Å². The van der Waals surface area contributed by atoms with E-state index in [9.17, 15) is 0 Å². The van der Waals surface area contributed by atoms with E-state index in [1.165, 1.54) is 17.5 Å². The van der Waals surface area contributed by atoms with E-state index in [4.69, 9.17) is 5.73 Å². The van der Waals surface area contributed by atoms with E-state index >= 15 is 0 Å². The molecule has 76 valence electrons. The molecule has 1 aliphatic carbocycles. The fourth-order valence-corrected chi connectivity index (χ4v) is 2.10. The van der Waals surface area contributed by atoms with Crippen LogP contribution in [0.4, 0.5) is 0 Å². The molecule has 2 unspecified atom stereocenters. The predicted molar refractivity (Wildman–Crippen MR) is 60.2 cm³/mol. The van der Waals surface area contributed by atoms with Crippen molar-refractivity contribution in [3.63, 3.8) is 0 Å². The molecule has 0 amide bonds. The normalized spacial score (nSPS) is 30.4. The van der Waals surface area contributed by atoms with Crippen molar-refractivity contribution >= 4 is 0 Å². The minimum atomic E-state index is 0.156. The maximum Gasteiger partial charge on any atom is 0.0187 e. The summed E-state index contributed by atoms with van der Waals surface area (Å²) in [6.45, 7) is 4.39. The molecule has 0 spiro atoms. The van der Waals surface area contributed by atoms with Gasteiger partial charge in [0.1, 0.15) is 0 Å². The van der Waals surface area contributed by atoms with Crippen LogP contribution in [0.3, 0.4) is 0 Å². The zero-order chi connectivity index (χ0) is 10.2. The summed E-state index contributed by atoms with van der Waals surface area (Å²) in [6, 6.07) is 8.73. The van der Waals surface area contributed by atoms with Crippen LogP contribution < -0.4 is 5.73 Å². The zero-order valence-electron chi connectivity index (χ0n) is 9.09. The second-order valence-electron chi connectivity index (χ2n) is 4.83. The van der Waals surface area contributed by atoms with Crippen LogP contribution in [0, 0.1) is 12.8 Å². The largest absolute Gasteiger partial charge is 0.325 e. The van der Waals surface area contributed by atoms with Gasteiger partial charge in [0.05, 0.1) is 0 Å². The van der Waals surface area contributed by atoms with E-state index < -0.39 is 0 Å². The van der Waals surface area contributed by atoms with Crippen molar-refractivity contribution in [3.8, 4) is 0 Å². The van der Waals surface area contributed by atoms with Crippen LogP contribution >= 0.6 is 0 Å². The molecule has 0 radical (unpaired) electrons. The third-order valence-corrected chi connectivity index (χ3v) is 3.47. The molecule has 1 aliphatic rings. The van der Waals surface area contributed by atoms with Gasteiger partial charge in [0.25, 0.3) is 0 Å². The molecule has 1 aromatic rings. The molecule has 1 nitrogen and oxygen atoms in total. The van der Waals surface area contributed by atoms with Crippen LogP contribution in [-0.4, -0.2) is 5.54 Å². The fraction of sp³-hybridized carbons (Fsp3) is 0.538. The lowest BCUT2D eigenvalue weighted by molar-refractivity contribution is 0.565. The van der Waals surface area contributed by atoms with Crippen molar-refractivity contribution in [3.05, 3.63) is 35.4 Å². The topological polar surface area (TPSA) is 26.0 Å². The van der Waals surface area contributed by atoms with Crippen LogP contribution in [-0.2, 0) is 6.42 Å². The molecule has 1 saturated carbocycles. The van der Waals surface area contributed by atoms with Gasteiger partial charge >= 0.3 is 0 Å².